The van der Waals surface area contributed by atoms with Gasteiger partial charge in [-0.05, 0) is 49.3 Å². The van der Waals surface area contributed by atoms with Crippen molar-refractivity contribution in [3.63, 3.8) is 0 Å². The zero-order valence-corrected chi connectivity index (χ0v) is 18.5. The summed E-state index contributed by atoms with van der Waals surface area (Å²) in [6.45, 7) is 3.06. The molecule has 7 nitrogen and oxygen atoms in total. The fourth-order valence-corrected chi connectivity index (χ4v) is 5.41. The molecule has 1 N–H and O–H groups in total. The highest BCUT2D eigenvalue weighted by Gasteiger charge is 2.38. The standard InChI is InChI=1S/C25H29N7/c1-30-25(32-13-6-9-20-21(32)10-5-12-26-20)23-24(29-30)28-22(16-27-23)31-14-11-19(17-31)15-18-7-3-2-4-8-18/h2-5,7-8,10,12,16,19,25H,6,9,11,13-15,17H2,1H3,(H,28,29). The van der Waals surface area contributed by atoms with Crippen molar-refractivity contribution in [1.82, 2.24) is 20.0 Å². The van der Waals surface area contributed by atoms with E-state index in [4.69, 9.17) is 9.97 Å². The Bertz CT molecular complexity index is 1100. The maximum Gasteiger partial charge on any atom is 0.168 e. The summed E-state index contributed by atoms with van der Waals surface area (Å²) in [5.41, 5.74) is 8.25. The van der Waals surface area contributed by atoms with Gasteiger partial charge in [0.15, 0.2) is 5.82 Å². The lowest BCUT2D eigenvalue weighted by atomic mass is 9.99. The van der Waals surface area contributed by atoms with Gasteiger partial charge in [-0.1, -0.05) is 30.3 Å². The van der Waals surface area contributed by atoms with E-state index in [2.05, 4.69) is 68.7 Å². The molecule has 2 atom stereocenters. The number of hydrogen-bond acceptors (Lipinski definition) is 7. The van der Waals surface area contributed by atoms with Crippen LogP contribution in [0.1, 0.15) is 36.0 Å². The second-order valence-corrected chi connectivity index (χ2v) is 9.12. The fourth-order valence-electron chi connectivity index (χ4n) is 5.41. The van der Waals surface area contributed by atoms with Crippen LogP contribution in [0.3, 0.4) is 0 Å². The first-order chi connectivity index (χ1) is 15.8. The maximum absolute atomic E-state index is 5.00. The Morgan fingerprint density at radius 3 is 2.88 bits per heavy atom. The molecule has 0 aliphatic carbocycles. The van der Waals surface area contributed by atoms with Crippen LogP contribution in [0.2, 0.25) is 0 Å². The van der Waals surface area contributed by atoms with Gasteiger partial charge in [-0.15, -0.1) is 0 Å². The molecule has 2 aromatic heterocycles. The molecule has 1 aromatic carbocycles. The van der Waals surface area contributed by atoms with Crippen LogP contribution in [0.4, 0.5) is 17.3 Å². The minimum atomic E-state index is 0.0270. The minimum absolute atomic E-state index is 0.0270. The van der Waals surface area contributed by atoms with Gasteiger partial charge in [0.25, 0.3) is 0 Å². The summed E-state index contributed by atoms with van der Waals surface area (Å²) in [5.74, 6) is 2.51. The summed E-state index contributed by atoms with van der Waals surface area (Å²) in [4.78, 5) is 19.3. The van der Waals surface area contributed by atoms with E-state index < -0.39 is 0 Å². The van der Waals surface area contributed by atoms with Crippen molar-refractivity contribution >= 4 is 17.3 Å². The second-order valence-electron chi connectivity index (χ2n) is 9.12. The molecule has 7 heteroatoms. The van der Waals surface area contributed by atoms with E-state index in [1.807, 2.05) is 18.5 Å². The van der Waals surface area contributed by atoms with E-state index in [1.165, 1.54) is 23.4 Å². The molecule has 0 amide bonds. The maximum atomic E-state index is 5.00. The molecule has 5 heterocycles. The lowest BCUT2D eigenvalue weighted by Crippen LogP contribution is -2.41. The van der Waals surface area contributed by atoms with Gasteiger partial charge >= 0.3 is 0 Å². The lowest BCUT2D eigenvalue weighted by molar-refractivity contribution is 0.298. The van der Waals surface area contributed by atoms with Gasteiger partial charge in [0.1, 0.15) is 17.7 Å². The van der Waals surface area contributed by atoms with Crippen molar-refractivity contribution < 1.29 is 0 Å². The molecular formula is C25H29N7. The summed E-state index contributed by atoms with van der Waals surface area (Å²) in [6.07, 6.45) is 8.34. The van der Waals surface area contributed by atoms with E-state index in [0.29, 0.717) is 5.92 Å². The normalized spacial score (nSPS) is 22.5. The number of aryl methyl sites for hydroxylation is 1. The summed E-state index contributed by atoms with van der Waals surface area (Å²) in [5, 5.41) is 2.12. The van der Waals surface area contributed by atoms with E-state index in [-0.39, 0.29) is 6.17 Å². The molecule has 6 rings (SSSR count). The highest BCUT2D eigenvalue weighted by atomic mass is 15.6. The lowest BCUT2D eigenvalue weighted by Gasteiger charge is -2.37. The number of hydrogen-bond donors (Lipinski definition) is 1. The summed E-state index contributed by atoms with van der Waals surface area (Å²) in [6, 6.07) is 15.0. The average molecular weight is 428 g/mol. The number of hydrazine groups is 1. The number of nitrogens with zero attached hydrogens (tertiary/aromatic N) is 6. The first-order valence-corrected chi connectivity index (χ1v) is 11.6. The largest absolute Gasteiger partial charge is 0.355 e. The Morgan fingerprint density at radius 2 is 1.97 bits per heavy atom. The van der Waals surface area contributed by atoms with Crippen molar-refractivity contribution in [2.75, 3.05) is 41.9 Å². The Hall–Kier alpha value is -3.19. The molecule has 3 aliphatic rings. The molecule has 1 fully saturated rings. The van der Waals surface area contributed by atoms with E-state index in [9.17, 15) is 0 Å². The van der Waals surface area contributed by atoms with Crippen LogP contribution in [-0.2, 0) is 12.8 Å². The molecular weight excluding hydrogens is 398 g/mol. The number of benzene rings is 1. The summed E-state index contributed by atoms with van der Waals surface area (Å²) in [7, 11) is 2.07. The Morgan fingerprint density at radius 1 is 1.06 bits per heavy atom. The average Bonchev–Trinajstić information content (AvgIpc) is 3.42. The molecule has 3 aliphatic heterocycles. The second kappa shape index (κ2) is 8.06. The number of pyridine rings is 1. The zero-order valence-electron chi connectivity index (χ0n) is 18.5. The highest BCUT2D eigenvalue weighted by Crippen LogP contribution is 2.40. The molecule has 0 bridgehead atoms. The van der Waals surface area contributed by atoms with E-state index in [1.54, 1.807) is 0 Å². The predicted molar refractivity (Wildman–Crippen MR) is 127 cm³/mol. The zero-order chi connectivity index (χ0) is 21.5. The van der Waals surface area contributed by atoms with Gasteiger partial charge in [-0.3, -0.25) is 10.4 Å². The highest BCUT2D eigenvalue weighted by molar-refractivity contribution is 5.59. The van der Waals surface area contributed by atoms with Crippen LogP contribution >= 0.6 is 0 Å². The molecule has 1 saturated heterocycles. The van der Waals surface area contributed by atoms with Crippen LogP contribution in [-0.4, -0.2) is 46.6 Å². The van der Waals surface area contributed by atoms with Crippen molar-refractivity contribution in [1.29, 1.82) is 0 Å². The smallest absolute Gasteiger partial charge is 0.168 e. The molecule has 164 valence electrons. The monoisotopic (exact) mass is 427 g/mol. The summed E-state index contributed by atoms with van der Waals surface area (Å²) < 4.78 is 0. The Balaban J connectivity index is 1.21. The first-order valence-electron chi connectivity index (χ1n) is 11.6. The molecule has 0 spiro atoms. The van der Waals surface area contributed by atoms with Gasteiger partial charge in [-0.2, -0.15) is 5.01 Å². The predicted octanol–water partition coefficient (Wildman–Crippen LogP) is 3.66. The molecule has 0 saturated carbocycles. The topological polar surface area (TPSA) is 60.4 Å². The van der Waals surface area contributed by atoms with Gasteiger partial charge in [-0.25, -0.2) is 9.97 Å². The van der Waals surface area contributed by atoms with E-state index >= 15 is 0 Å². The van der Waals surface area contributed by atoms with Crippen molar-refractivity contribution in [2.24, 2.45) is 5.92 Å². The number of nitrogens with one attached hydrogen (secondary N) is 1. The third kappa shape index (κ3) is 3.46. The van der Waals surface area contributed by atoms with Crippen LogP contribution in [0.5, 0.6) is 0 Å². The van der Waals surface area contributed by atoms with Gasteiger partial charge < -0.3 is 9.80 Å². The van der Waals surface area contributed by atoms with E-state index in [0.717, 1.165) is 56.2 Å². The minimum Gasteiger partial charge on any atom is -0.355 e. The molecule has 3 aromatic rings. The number of fused-ring (bicyclic) bond motifs is 2. The summed E-state index contributed by atoms with van der Waals surface area (Å²) >= 11 is 0. The number of anilines is 3. The SMILES string of the molecule is CN1Nc2nc(N3CCC(Cc4ccccc4)C3)cnc2C1N1CCCc2ncccc21. The van der Waals surface area contributed by atoms with Gasteiger partial charge in [0.2, 0.25) is 0 Å². The van der Waals surface area contributed by atoms with Crippen molar-refractivity contribution in [3.8, 4) is 0 Å². The van der Waals surface area contributed by atoms with Crippen LogP contribution in [0.25, 0.3) is 0 Å². The molecule has 32 heavy (non-hydrogen) atoms. The quantitative estimate of drug-likeness (QED) is 0.682. The van der Waals surface area contributed by atoms with Crippen LogP contribution in [0.15, 0.2) is 54.9 Å². The Kier molecular flexibility index (Phi) is 4.91. The number of rotatable bonds is 4. The first kappa shape index (κ1) is 19.5. The van der Waals surface area contributed by atoms with Crippen LogP contribution in [0, 0.1) is 5.92 Å². The van der Waals surface area contributed by atoms with Crippen LogP contribution < -0.4 is 15.2 Å². The number of aromatic nitrogens is 3. The van der Waals surface area contributed by atoms with Gasteiger partial charge in [0, 0.05) is 32.9 Å². The molecule has 2 unspecified atom stereocenters. The third-order valence-corrected chi connectivity index (χ3v) is 6.94. The van der Waals surface area contributed by atoms with Crippen molar-refractivity contribution in [3.05, 3.63) is 71.8 Å². The fraction of sp³-hybridized carbons (Fsp3) is 0.400. The Labute approximate surface area is 189 Å². The third-order valence-electron chi connectivity index (χ3n) is 6.94. The molecule has 0 radical (unpaired) electrons. The van der Waals surface area contributed by atoms with Crippen molar-refractivity contribution in [2.45, 2.75) is 31.8 Å². The van der Waals surface area contributed by atoms with Gasteiger partial charge in [0.05, 0.1) is 17.6 Å².